The molecule has 0 spiro atoms. The molecule has 1 aromatic heterocycles. The maximum absolute atomic E-state index is 5.42. The summed E-state index contributed by atoms with van der Waals surface area (Å²) in [6.45, 7) is 5.81. The molecule has 82 valence electrons. The van der Waals surface area contributed by atoms with Crippen LogP contribution in [0.25, 0.3) is 0 Å². The van der Waals surface area contributed by atoms with E-state index in [4.69, 9.17) is 10.6 Å². The minimum Gasteiger partial charge on any atom is -0.481 e. The van der Waals surface area contributed by atoms with E-state index >= 15 is 0 Å². The van der Waals surface area contributed by atoms with Gasteiger partial charge in [0.2, 0.25) is 5.88 Å². The van der Waals surface area contributed by atoms with Crippen LogP contribution in [0.2, 0.25) is 0 Å². The van der Waals surface area contributed by atoms with Crippen LogP contribution in [0.5, 0.6) is 5.88 Å². The minimum absolute atomic E-state index is 0.0835. The molecule has 0 aliphatic heterocycles. The van der Waals surface area contributed by atoms with Gasteiger partial charge in [-0.1, -0.05) is 18.2 Å². The van der Waals surface area contributed by atoms with E-state index in [0.717, 1.165) is 17.6 Å². The van der Waals surface area contributed by atoms with Crippen molar-refractivity contribution in [2.75, 3.05) is 7.11 Å². The number of aromatic nitrogens is 1. The molecule has 0 aliphatic carbocycles. The molecule has 0 saturated heterocycles. The summed E-state index contributed by atoms with van der Waals surface area (Å²) in [7, 11) is 1.60. The Kier molecular flexibility index (Phi) is 4.27. The zero-order valence-electron chi connectivity index (χ0n) is 9.16. The van der Waals surface area contributed by atoms with Gasteiger partial charge in [0.1, 0.15) is 0 Å². The van der Waals surface area contributed by atoms with Gasteiger partial charge in [0.05, 0.1) is 7.11 Å². The Bertz CT molecular complexity index is 321. The molecule has 1 rings (SSSR count). The molecule has 3 N–H and O–H groups in total. The lowest BCUT2D eigenvalue weighted by atomic mass is 10.0. The Morgan fingerprint density at radius 2 is 2.40 bits per heavy atom. The number of hydrogen-bond acceptors (Lipinski definition) is 4. The molecule has 4 heteroatoms. The first-order valence-corrected chi connectivity index (χ1v) is 4.77. The predicted molar refractivity (Wildman–Crippen MR) is 60.4 cm³/mol. The standard InChI is InChI=1S/C11H17N3O/c1-8(2)10(14-12)6-9-4-5-11(15-3)13-7-9/h4-5,7,10,14H,1,6,12H2,2-3H3. The summed E-state index contributed by atoms with van der Waals surface area (Å²) in [4.78, 5) is 4.12. The summed E-state index contributed by atoms with van der Waals surface area (Å²) >= 11 is 0. The van der Waals surface area contributed by atoms with Crippen molar-refractivity contribution >= 4 is 0 Å². The highest BCUT2D eigenvalue weighted by atomic mass is 16.5. The third-order valence-corrected chi connectivity index (χ3v) is 2.24. The molecule has 0 aliphatic rings. The first-order chi connectivity index (χ1) is 7.17. The second kappa shape index (κ2) is 5.48. The summed E-state index contributed by atoms with van der Waals surface area (Å²) in [6.07, 6.45) is 2.56. The number of nitrogens with two attached hydrogens (primary N) is 1. The highest BCUT2D eigenvalue weighted by Crippen LogP contribution is 2.10. The van der Waals surface area contributed by atoms with Crippen LogP contribution in [-0.4, -0.2) is 18.1 Å². The lowest BCUT2D eigenvalue weighted by Crippen LogP contribution is -2.37. The largest absolute Gasteiger partial charge is 0.481 e. The van der Waals surface area contributed by atoms with Crippen molar-refractivity contribution in [1.29, 1.82) is 0 Å². The second-order valence-electron chi connectivity index (χ2n) is 3.48. The molecular formula is C11H17N3O. The maximum Gasteiger partial charge on any atom is 0.212 e. The van der Waals surface area contributed by atoms with Crippen LogP contribution in [0.3, 0.4) is 0 Å². The Morgan fingerprint density at radius 1 is 1.67 bits per heavy atom. The first kappa shape index (κ1) is 11.7. The molecule has 0 aromatic carbocycles. The second-order valence-corrected chi connectivity index (χ2v) is 3.48. The average molecular weight is 207 g/mol. The van der Waals surface area contributed by atoms with Gasteiger partial charge in [-0.3, -0.25) is 11.3 Å². The summed E-state index contributed by atoms with van der Waals surface area (Å²) in [5, 5.41) is 0. The van der Waals surface area contributed by atoms with Gasteiger partial charge in [-0.25, -0.2) is 4.98 Å². The van der Waals surface area contributed by atoms with E-state index < -0.39 is 0 Å². The molecule has 1 aromatic rings. The molecule has 0 saturated carbocycles. The van der Waals surface area contributed by atoms with Crippen LogP contribution in [0.1, 0.15) is 12.5 Å². The number of nitrogens with one attached hydrogen (secondary N) is 1. The van der Waals surface area contributed by atoms with E-state index in [9.17, 15) is 0 Å². The van der Waals surface area contributed by atoms with Crippen molar-refractivity contribution in [2.45, 2.75) is 19.4 Å². The molecule has 1 unspecified atom stereocenters. The van der Waals surface area contributed by atoms with Crippen LogP contribution in [0.4, 0.5) is 0 Å². The van der Waals surface area contributed by atoms with E-state index in [1.807, 2.05) is 19.1 Å². The van der Waals surface area contributed by atoms with Gasteiger partial charge in [-0.05, 0) is 18.9 Å². The maximum atomic E-state index is 5.42. The fourth-order valence-electron chi connectivity index (χ4n) is 1.26. The Hall–Kier alpha value is -1.39. The topological polar surface area (TPSA) is 60.2 Å². The number of pyridine rings is 1. The van der Waals surface area contributed by atoms with Crippen molar-refractivity contribution in [3.8, 4) is 5.88 Å². The molecular weight excluding hydrogens is 190 g/mol. The lowest BCUT2D eigenvalue weighted by molar-refractivity contribution is 0.397. The Morgan fingerprint density at radius 3 is 2.80 bits per heavy atom. The highest BCUT2D eigenvalue weighted by Gasteiger charge is 2.08. The lowest BCUT2D eigenvalue weighted by Gasteiger charge is -2.15. The number of ether oxygens (including phenoxy) is 1. The van der Waals surface area contributed by atoms with E-state index in [2.05, 4.69) is 17.0 Å². The SMILES string of the molecule is C=C(C)C(Cc1ccc(OC)nc1)NN. The molecule has 4 nitrogen and oxygen atoms in total. The zero-order chi connectivity index (χ0) is 11.3. The first-order valence-electron chi connectivity index (χ1n) is 4.77. The molecule has 1 heterocycles. The van der Waals surface area contributed by atoms with E-state index in [0.29, 0.717) is 5.88 Å². The number of rotatable bonds is 5. The van der Waals surface area contributed by atoms with Gasteiger partial charge in [-0.15, -0.1) is 0 Å². The molecule has 0 bridgehead atoms. The molecule has 0 amide bonds. The van der Waals surface area contributed by atoms with E-state index in [1.165, 1.54) is 0 Å². The number of hydrazine groups is 1. The van der Waals surface area contributed by atoms with Gasteiger partial charge < -0.3 is 4.74 Å². The summed E-state index contributed by atoms with van der Waals surface area (Å²) in [5.74, 6) is 6.04. The monoisotopic (exact) mass is 207 g/mol. The van der Waals surface area contributed by atoms with E-state index in [-0.39, 0.29) is 6.04 Å². The quantitative estimate of drug-likeness (QED) is 0.430. The highest BCUT2D eigenvalue weighted by molar-refractivity contribution is 5.20. The zero-order valence-corrected chi connectivity index (χ0v) is 9.16. The van der Waals surface area contributed by atoms with Gasteiger partial charge in [0.25, 0.3) is 0 Å². The van der Waals surface area contributed by atoms with Crippen LogP contribution >= 0.6 is 0 Å². The molecule has 15 heavy (non-hydrogen) atoms. The average Bonchev–Trinajstić information content (AvgIpc) is 2.26. The predicted octanol–water partition coefficient (Wildman–Crippen LogP) is 1.04. The number of hydrogen-bond donors (Lipinski definition) is 2. The van der Waals surface area contributed by atoms with E-state index in [1.54, 1.807) is 13.3 Å². The number of methoxy groups -OCH3 is 1. The van der Waals surface area contributed by atoms with Crippen molar-refractivity contribution in [1.82, 2.24) is 10.4 Å². The molecule has 0 fully saturated rings. The van der Waals surface area contributed by atoms with Gasteiger partial charge >= 0.3 is 0 Å². The summed E-state index contributed by atoms with van der Waals surface area (Å²) in [6, 6.07) is 3.89. The Balaban J connectivity index is 2.67. The number of nitrogens with zero attached hydrogens (tertiary/aromatic N) is 1. The fourth-order valence-corrected chi connectivity index (χ4v) is 1.26. The Labute approximate surface area is 90.1 Å². The van der Waals surface area contributed by atoms with Crippen LogP contribution < -0.4 is 16.0 Å². The van der Waals surface area contributed by atoms with Gasteiger partial charge in [0, 0.05) is 18.3 Å². The van der Waals surface area contributed by atoms with Gasteiger partial charge in [-0.2, -0.15) is 0 Å². The fraction of sp³-hybridized carbons (Fsp3) is 0.364. The molecule has 0 radical (unpaired) electrons. The van der Waals surface area contributed by atoms with Crippen LogP contribution in [0, 0.1) is 0 Å². The van der Waals surface area contributed by atoms with Gasteiger partial charge in [0.15, 0.2) is 0 Å². The van der Waals surface area contributed by atoms with Crippen LogP contribution in [-0.2, 0) is 6.42 Å². The minimum atomic E-state index is 0.0835. The third kappa shape index (κ3) is 3.34. The van der Waals surface area contributed by atoms with Crippen LogP contribution in [0.15, 0.2) is 30.5 Å². The van der Waals surface area contributed by atoms with Crippen molar-refractivity contribution in [3.05, 3.63) is 36.0 Å². The summed E-state index contributed by atoms with van der Waals surface area (Å²) < 4.78 is 4.98. The van der Waals surface area contributed by atoms with Crippen molar-refractivity contribution < 1.29 is 4.74 Å². The third-order valence-electron chi connectivity index (χ3n) is 2.24. The van der Waals surface area contributed by atoms with Crippen molar-refractivity contribution in [3.63, 3.8) is 0 Å². The molecule has 1 atom stereocenters. The normalized spacial score (nSPS) is 12.2. The smallest absolute Gasteiger partial charge is 0.212 e. The summed E-state index contributed by atoms with van der Waals surface area (Å²) in [5.41, 5.74) is 4.83. The van der Waals surface area contributed by atoms with Crippen molar-refractivity contribution in [2.24, 2.45) is 5.84 Å².